The molecule has 0 aromatic rings. The van der Waals surface area contributed by atoms with Gasteiger partial charge in [0.2, 0.25) is 0 Å². The Bertz CT molecular complexity index is 238. The minimum absolute atomic E-state index is 0.513. The van der Waals surface area contributed by atoms with Gasteiger partial charge in [0, 0.05) is 44.3 Å². The zero-order chi connectivity index (χ0) is 11.0. The van der Waals surface area contributed by atoms with Crippen LogP contribution in [0.1, 0.15) is 32.6 Å². The lowest BCUT2D eigenvalue weighted by Gasteiger charge is -2.39. The molecule has 3 rings (SSSR count). The van der Waals surface area contributed by atoms with Crippen LogP contribution in [0, 0.1) is 0 Å². The second-order valence-corrected chi connectivity index (χ2v) is 5.91. The molecule has 0 spiro atoms. The van der Waals surface area contributed by atoms with Gasteiger partial charge in [0.1, 0.15) is 0 Å². The average Bonchev–Trinajstić information content (AvgIpc) is 2.90. The van der Waals surface area contributed by atoms with E-state index in [1.54, 1.807) is 0 Å². The van der Waals surface area contributed by atoms with E-state index in [9.17, 15) is 0 Å². The van der Waals surface area contributed by atoms with E-state index in [0.717, 1.165) is 6.04 Å². The summed E-state index contributed by atoms with van der Waals surface area (Å²) in [7, 11) is 0. The normalized spacial score (nSPS) is 40.7. The molecule has 0 aromatic carbocycles. The highest BCUT2D eigenvalue weighted by Gasteiger charge is 2.45. The fourth-order valence-electron chi connectivity index (χ4n) is 3.79. The van der Waals surface area contributed by atoms with Crippen molar-refractivity contribution in [2.75, 3.05) is 39.3 Å². The molecule has 0 amide bonds. The SMILES string of the molecule is CCN1CCN(CC23CCC(CC2)N3)CC1. The van der Waals surface area contributed by atoms with Gasteiger partial charge in [0.05, 0.1) is 0 Å². The van der Waals surface area contributed by atoms with Crippen LogP contribution in [0.25, 0.3) is 0 Å². The molecule has 2 bridgehead atoms. The number of fused-ring (bicyclic) bond motifs is 2. The number of likely N-dealkylation sites (N-methyl/N-ethyl adjacent to an activating group) is 1. The van der Waals surface area contributed by atoms with Crippen molar-refractivity contribution in [2.24, 2.45) is 0 Å². The maximum atomic E-state index is 3.86. The summed E-state index contributed by atoms with van der Waals surface area (Å²) >= 11 is 0. The van der Waals surface area contributed by atoms with Crippen LogP contribution in [0.4, 0.5) is 0 Å². The van der Waals surface area contributed by atoms with Crippen LogP contribution in [0.2, 0.25) is 0 Å². The Morgan fingerprint density at radius 2 is 1.69 bits per heavy atom. The standard InChI is InChI=1S/C13H25N3/c1-2-15-7-9-16(10-8-15)11-13-5-3-12(14-13)4-6-13/h12,14H,2-11H2,1H3. The molecule has 0 unspecified atom stereocenters. The minimum Gasteiger partial charge on any atom is -0.307 e. The molecule has 92 valence electrons. The molecule has 3 aliphatic rings. The van der Waals surface area contributed by atoms with Crippen molar-refractivity contribution in [3.05, 3.63) is 0 Å². The van der Waals surface area contributed by atoms with E-state index in [4.69, 9.17) is 0 Å². The summed E-state index contributed by atoms with van der Waals surface area (Å²) < 4.78 is 0. The molecule has 3 saturated heterocycles. The van der Waals surface area contributed by atoms with E-state index < -0.39 is 0 Å². The van der Waals surface area contributed by atoms with E-state index in [2.05, 4.69) is 22.0 Å². The Balaban J connectivity index is 1.52. The largest absolute Gasteiger partial charge is 0.307 e. The quantitative estimate of drug-likeness (QED) is 0.767. The maximum Gasteiger partial charge on any atom is 0.0312 e. The fourth-order valence-corrected chi connectivity index (χ4v) is 3.79. The molecule has 3 fully saturated rings. The highest BCUT2D eigenvalue weighted by molar-refractivity contribution is 5.06. The molecule has 1 N–H and O–H groups in total. The van der Waals surface area contributed by atoms with Gasteiger partial charge in [-0.1, -0.05) is 6.92 Å². The van der Waals surface area contributed by atoms with E-state index in [0.29, 0.717) is 5.54 Å². The van der Waals surface area contributed by atoms with Crippen LogP contribution in [-0.4, -0.2) is 60.6 Å². The molecule has 0 atom stereocenters. The summed E-state index contributed by atoms with van der Waals surface area (Å²) in [6, 6.07) is 0.858. The van der Waals surface area contributed by atoms with Crippen molar-refractivity contribution in [1.82, 2.24) is 15.1 Å². The van der Waals surface area contributed by atoms with Crippen LogP contribution in [0.3, 0.4) is 0 Å². The maximum absolute atomic E-state index is 3.86. The summed E-state index contributed by atoms with van der Waals surface area (Å²) in [6.07, 6.45) is 5.70. The molecule has 0 aliphatic carbocycles. The molecule has 3 heterocycles. The number of rotatable bonds is 3. The first-order valence-corrected chi connectivity index (χ1v) is 7.02. The van der Waals surface area contributed by atoms with E-state index in [1.165, 1.54) is 65.0 Å². The van der Waals surface area contributed by atoms with Crippen LogP contribution in [0.5, 0.6) is 0 Å². The van der Waals surface area contributed by atoms with Gasteiger partial charge in [-0.2, -0.15) is 0 Å². The number of hydrogen-bond acceptors (Lipinski definition) is 3. The summed E-state index contributed by atoms with van der Waals surface area (Å²) in [5.41, 5.74) is 0.513. The molecule has 0 aromatic heterocycles. The van der Waals surface area contributed by atoms with Crippen molar-refractivity contribution in [1.29, 1.82) is 0 Å². The third-order valence-corrected chi connectivity index (χ3v) is 4.89. The number of piperazine rings is 1. The first-order chi connectivity index (χ1) is 7.80. The lowest BCUT2D eigenvalue weighted by molar-refractivity contribution is 0.109. The van der Waals surface area contributed by atoms with Crippen LogP contribution in [-0.2, 0) is 0 Å². The lowest BCUT2D eigenvalue weighted by atomic mass is 9.87. The van der Waals surface area contributed by atoms with Crippen molar-refractivity contribution in [3.63, 3.8) is 0 Å². The fraction of sp³-hybridized carbons (Fsp3) is 1.00. The summed E-state index contributed by atoms with van der Waals surface area (Å²) in [4.78, 5) is 5.25. The highest BCUT2D eigenvalue weighted by atomic mass is 15.3. The van der Waals surface area contributed by atoms with Gasteiger partial charge >= 0.3 is 0 Å². The predicted octanol–water partition coefficient (Wildman–Crippen LogP) is 0.908. The van der Waals surface area contributed by atoms with Crippen LogP contribution in [0.15, 0.2) is 0 Å². The van der Waals surface area contributed by atoms with Crippen molar-refractivity contribution < 1.29 is 0 Å². The molecule has 3 heteroatoms. The lowest BCUT2D eigenvalue weighted by Crippen LogP contribution is -2.53. The molecule has 3 nitrogen and oxygen atoms in total. The molecular weight excluding hydrogens is 198 g/mol. The Labute approximate surface area is 99.2 Å². The first kappa shape index (κ1) is 11.0. The Hall–Kier alpha value is -0.120. The van der Waals surface area contributed by atoms with E-state index in [1.807, 2.05) is 0 Å². The van der Waals surface area contributed by atoms with Gasteiger partial charge in [-0.3, -0.25) is 4.90 Å². The van der Waals surface area contributed by atoms with Gasteiger partial charge < -0.3 is 10.2 Å². The Morgan fingerprint density at radius 3 is 2.19 bits per heavy atom. The summed E-state index contributed by atoms with van der Waals surface area (Å²) in [6.45, 7) is 9.91. The first-order valence-electron chi connectivity index (χ1n) is 7.02. The highest BCUT2D eigenvalue weighted by Crippen LogP contribution is 2.38. The zero-order valence-corrected chi connectivity index (χ0v) is 10.5. The third-order valence-electron chi connectivity index (χ3n) is 4.89. The Kier molecular flexibility index (Phi) is 2.94. The number of nitrogens with one attached hydrogen (secondary N) is 1. The molecule has 3 aliphatic heterocycles. The van der Waals surface area contributed by atoms with Gasteiger partial charge in [-0.05, 0) is 32.2 Å². The van der Waals surface area contributed by atoms with Crippen molar-refractivity contribution in [2.45, 2.75) is 44.2 Å². The topological polar surface area (TPSA) is 18.5 Å². The molecule has 16 heavy (non-hydrogen) atoms. The predicted molar refractivity (Wildman–Crippen MR) is 66.7 cm³/mol. The third kappa shape index (κ3) is 2.01. The van der Waals surface area contributed by atoms with Gasteiger partial charge in [0.25, 0.3) is 0 Å². The zero-order valence-electron chi connectivity index (χ0n) is 10.5. The summed E-state index contributed by atoms with van der Waals surface area (Å²) in [5, 5.41) is 3.86. The molecular formula is C13H25N3. The monoisotopic (exact) mass is 223 g/mol. The average molecular weight is 223 g/mol. The van der Waals surface area contributed by atoms with Gasteiger partial charge in [0.15, 0.2) is 0 Å². The second-order valence-electron chi connectivity index (χ2n) is 5.91. The van der Waals surface area contributed by atoms with Crippen LogP contribution >= 0.6 is 0 Å². The summed E-state index contributed by atoms with van der Waals surface area (Å²) in [5.74, 6) is 0. The minimum atomic E-state index is 0.513. The van der Waals surface area contributed by atoms with Gasteiger partial charge in [-0.15, -0.1) is 0 Å². The second kappa shape index (κ2) is 4.28. The smallest absolute Gasteiger partial charge is 0.0312 e. The number of hydrogen-bond donors (Lipinski definition) is 1. The van der Waals surface area contributed by atoms with Crippen molar-refractivity contribution >= 4 is 0 Å². The van der Waals surface area contributed by atoms with Gasteiger partial charge in [-0.25, -0.2) is 0 Å². The Morgan fingerprint density at radius 1 is 1.06 bits per heavy atom. The molecule has 0 saturated carbocycles. The van der Waals surface area contributed by atoms with Crippen molar-refractivity contribution in [3.8, 4) is 0 Å². The van der Waals surface area contributed by atoms with E-state index >= 15 is 0 Å². The van der Waals surface area contributed by atoms with Crippen LogP contribution < -0.4 is 5.32 Å². The van der Waals surface area contributed by atoms with E-state index in [-0.39, 0.29) is 0 Å². The number of nitrogens with zero attached hydrogens (tertiary/aromatic N) is 2. The molecule has 0 radical (unpaired) electrons.